The van der Waals surface area contributed by atoms with Crippen molar-refractivity contribution in [3.05, 3.63) is 59.9 Å². The molecule has 0 fully saturated rings. The van der Waals surface area contributed by atoms with Crippen molar-refractivity contribution in [2.24, 2.45) is 14.1 Å². The van der Waals surface area contributed by atoms with Crippen molar-refractivity contribution in [2.75, 3.05) is 5.32 Å². The lowest BCUT2D eigenvalue weighted by Crippen LogP contribution is -2.16. The van der Waals surface area contributed by atoms with Gasteiger partial charge in [-0.15, -0.1) is 0 Å². The predicted octanol–water partition coefficient (Wildman–Crippen LogP) is 2.68. The standard InChI is InChI=1S/C18H18N4O3/c1-11-9-22(3)16(19-11)17(23)20-14-6-4-12(5-7-14)13-8-15(18(24)25)21(2)10-13/h4-10H,1-3H3,(H,20,23)(H,24,25). The summed E-state index contributed by atoms with van der Waals surface area (Å²) in [6.07, 6.45) is 3.54. The number of carbonyl (C=O) groups is 2. The molecule has 3 rings (SSSR count). The number of hydrogen-bond acceptors (Lipinski definition) is 3. The van der Waals surface area contributed by atoms with Gasteiger partial charge >= 0.3 is 5.97 Å². The molecule has 0 aliphatic heterocycles. The predicted molar refractivity (Wildman–Crippen MR) is 93.7 cm³/mol. The first-order valence-electron chi connectivity index (χ1n) is 7.66. The molecule has 128 valence electrons. The number of aryl methyl sites for hydroxylation is 3. The Balaban J connectivity index is 1.78. The number of nitrogens with one attached hydrogen (secondary N) is 1. The molecule has 2 N–H and O–H groups in total. The second-order valence-electron chi connectivity index (χ2n) is 5.88. The number of rotatable bonds is 4. The summed E-state index contributed by atoms with van der Waals surface area (Å²) >= 11 is 0. The Bertz CT molecular complexity index is 951. The van der Waals surface area contributed by atoms with Crippen molar-refractivity contribution in [3.8, 4) is 11.1 Å². The van der Waals surface area contributed by atoms with Gasteiger partial charge in [-0.1, -0.05) is 12.1 Å². The summed E-state index contributed by atoms with van der Waals surface area (Å²) in [5, 5.41) is 11.9. The Morgan fingerprint density at radius 2 is 1.72 bits per heavy atom. The second-order valence-corrected chi connectivity index (χ2v) is 5.88. The molecule has 0 saturated heterocycles. The van der Waals surface area contributed by atoms with Crippen LogP contribution in [-0.4, -0.2) is 31.1 Å². The van der Waals surface area contributed by atoms with Crippen LogP contribution in [-0.2, 0) is 14.1 Å². The van der Waals surface area contributed by atoms with Crippen molar-refractivity contribution in [2.45, 2.75) is 6.92 Å². The normalized spacial score (nSPS) is 10.7. The minimum Gasteiger partial charge on any atom is -0.477 e. The first-order chi connectivity index (χ1) is 11.8. The van der Waals surface area contributed by atoms with E-state index in [4.69, 9.17) is 5.11 Å². The SMILES string of the molecule is Cc1cn(C)c(C(=O)Nc2ccc(-c3cc(C(=O)O)n(C)c3)cc2)n1. The molecule has 1 aromatic carbocycles. The Morgan fingerprint density at radius 1 is 1.04 bits per heavy atom. The van der Waals surface area contributed by atoms with Crippen LogP contribution < -0.4 is 5.32 Å². The number of benzene rings is 1. The zero-order valence-electron chi connectivity index (χ0n) is 14.1. The lowest BCUT2D eigenvalue weighted by molar-refractivity contribution is 0.0686. The van der Waals surface area contributed by atoms with Crippen LogP contribution in [0.2, 0.25) is 0 Å². The van der Waals surface area contributed by atoms with Gasteiger partial charge in [-0.05, 0) is 30.7 Å². The summed E-state index contributed by atoms with van der Waals surface area (Å²) in [5.41, 5.74) is 3.31. The van der Waals surface area contributed by atoms with E-state index in [1.165, 1.54) is 0 Å². The maximum Gasteiger partial charge on any atom is 0.352 e. The molecule has 25 heavy (non-hydrogen) atoms. The van der Waals surface area contributed by atoms with E-state index in [-0.39, 0.29) is 11.6 Å². The topological polar surface area (TPSA) is 89.1 Å². The molecule has 7 heteroatoms. The van der Waals surface area contributed by atoms with Gasteiger partial charge in [0.25, 0.3) is 5.91 Å². The molecule has 2 aromatic heterocycles. The monoisotopic (exact) mass is 338 g/mol. The van der Waals surface area contributed by atoms with E-state index < -0.39 is 5.97 Å². The largest absolute Gasteiger partial charge is 0.477 e. The third-order valence-corrected chi connectivity index (χ3v) is 3.90. The number of hydrogen-bond donors (Lipinski definition) is 2. The number of aromatic carboxylic acids is 1. The van der Waals surface area contributed by atoms with Crippen LogP contribution in [0.1, 0.15) is 26.8 Å². The Kier molecular flexibility index (Phi) is 4.14. The summed E-state index contributed by atoms with van der Waals surface area (Å²) in [6, 6.07) is 8.83. The molecule has 0 atom stereocenters. The quantitative estimate of drug-likeness (QED) is 0.765. The van der Waals surface area contributed by atoms with E-state index >= 15 is 0 Å². The number of nitrogens with zero attached hydrogens (tertiary/aromatic N) is 3. The van der Waals surface area contributed by atoms with Gasteiger partial charge in [-0.25, -0.2) is 9.78 Å². The molecule has 3 aromatic rings. The Labute approximate surface area is 144 Å². The minimum atomic E-state index is -0.969. The number of imidazole rings is 1. The van der Waals surface area contributed by atoms with Gasteiger partial charge in [0.15, 0.2) is 5.82 Å². The molecule has 2 heterocycles. The van der Waals surface area contributed by atoms with Gasteiger partial charge in [0, 0.05) is 37.7 Å². The van der Waals surface area contributed by atoms with Crippen LogP contribution in [0.5, 0.6) is 0 Å². The third-order valence-electron chi connectivity index (χ3n) is 3.90. The number of carboxylic acids is 1. The number of aromatic nitrogens is 3. The van der Waals surface area contributed by atoms with Crippen molar-refractivity contribution in [1.82, 2.24) is 14.1 Å². The molecule has 0 spiro atoms. The molecule has 0 aliphatic rings. The molecular weight excluding hydrogens is 320 g/mol. The molecule has 0 unspecified atom stereocenters. The molecule has 0 radical (unpaired) electrons. The molecule has 0 saturated carbocycles. The van der Waals surface area contributed by atoms with Crippen LogP contribution >= 0.6 is 0 Å². The Hall–Kier alpha value is -3.35. The first-order valence-corrected chi connectivity index (χ1v) is 7.66. The highest BCUT2D eigenvalue weighted by Crippen LogP contribution is 2.23. The van der Waals surface area contributed by atoms with Gasteiger partial charge in [0.2, 0.25) is 0 Å². The van der Waals surface area contributed by atoms with E-state index in [0.29, 0.717) is 11.5 Å². The summed E-state index contributed by atoms with van der Waals surface area (Å²) in [4.78, 5) is 27.6. The van der Waals surface area contributed by atoms with Crippen molar-refractivity contribution in [3.63, 3.8) is 0 Å². The third kappa shape index (κ3) is 3.30. The van der Waals surface area contributed by atoms with Crippen LogP contribution in [0, 0.1) is 6.92 Å². The van der Waals surface area contributed by atoms with E-state index in [2.05, 4.69) is 10.3 Å². The zero-order valence-corrected chi connectivity index (χ0v) is 14.1. The fourth-order valence-electron chi connectivity index (χ4n) is 2.70. The molecule has 0 bridgehead atoms. The highest BCUT2D eigenvalue weighted by Gasteiger charge is 2.14. The summed E-state index contributed by atoms with van der Waals surface area (Å²) in [7, 11) is 3.46. The number of carboxylic acid groups (broad SMARTS) is 1. The van der Waals surface area contributed by atoms with Crippen molar-refractivity contribution >= 4 is 17.6 Å². The molecule has 1 amide bonds. The summed E-state index contributed by atoms with van der Waals surface area (Å²) in [5.74, 6) is -0.907. The van der Waals surface area contributed by atoms with Crippen molar-refractivity contribution < 1.29 is 14.7 Å². The van der Waals surface area contributed by atoms with Gasteiger partial charge in [-0.3, -0.25) is 4.79 Å². The minimum absolute atomic E-state index is 0.220. The average Bonchev–Trinajstić information content (AvgIpc) is 3.10. The zero-order chi connectivity index (χ0) is 18.1. The average molecular weight is 338 g/mol. The van der Waals surface area contributed by atoms with E-state index in [0.717, 1.165) is 16.8 Å². The molecule has 7 nitrogen and oxygen atoms in total. The van der Waals surface area contributed by atoms with Gasteiger partial charge < -0.3 is 19.6 Å². The van der Waals surface area contributed by atoms with E-state index in [1.807, 2.05) is 19.1 Å². The molecule has 0 aliphatic carbocycles. The van der Waals surface area contributed by atoms with Crippen LogP contribution in [0.3, 0.4) is 0 Å². The number of amides is 1. The lowest BCUT2D eigenvalue weighted by Gasteiger charge is -2.06. The Morgan fingerprint density at radius 3 is 2.24 bits per heavy atom. The van der Waals surface area contributed by atoms with Gasteiger partial charge in [0.1, 0.15) is 5.69 Å². The van der Waals surface area contributed by atoms with Crippen LogP contribution in [0.15, 0.2) is 42.7 Å². The fraction of sp³-hybridized carbons (Fsp3) is 0.167. The smallest absolute Gasteiger partial charge is 0.352 e. The summed E-state index contributed by atoms with van der Waals surface area (Å²) < 4.78 is 3.24. The van der Waals surface area contributed by atoms with E-state index in [9.17, 15) is 9.59 Å². The first kappa shape index (κ1) is 16.5. The number of anilines is 1. The van der Waals surface area contributed by atoms with E-state index in [1.54, 1.807) is 53.8 Å². The highest BCUT2D eigenvalue weighted by molar-refractivity contribution is 6.02. The number of carbonyl (C=O) groups excluding carboxylic acids is 1. The highest BCUT2D eigenvalue weighted by atomic mass is 16.4. The second kappa shape index (κ2) is 6.27. The van der Waals surface area contributed by atoms with Gasteiger partial charge in [-0.2, -0.15) is 0 Å². The van der Waals surface area contributed by atoms with Crippen molar-refractivity contribution in [1.29, 1.82) is 0 Å². The summed E-state index contributed by atoms with van der Waals surface area (Å²) in [6.45, 7) is 1.83. The maximum atomic E-state index is 12.3. The molecular formula is C18H18N4O3. The van der Waals surface area contributed by atoms with Crippen LogP contribution in [0.4, 0.5) is 5.69 Å². The maximum absolute atomic E-state index is 12.3. The van der Waals surface area contributed by atoms with Gasteiger partial charge in [0.05, 0.1) is 5.69 Å². The lowest BCUT2D eigenvalue weighted by atomic mass is 10.1. The fourth-order valence-corrected chi connectivity index (χ4v) is 2.70. The van der Waals surface area contributed by atoms with Crippen LogP contribution in [0.25, 0.3) is 11.1 Å².